The third-order valence-corrected chi connectivity index (χ3v) is 5.86. The van der Waals surface area contributed by atoms with Gasteiger partial charge in [-0.25, -0.2) is 0 Å². The first-order chi connectivity index (χ1) is 8.65. The summed E-state index contributed by atoms with van der Waals surface area (Å²) in [4.78, 5) is 11.9. The zero-order chi connectivity index (χ0) is 13.4. The molecule has 3 nitrogen and oxygen atoms in total. The van der Waals surface area contributed by atoms with Crippen molar-refractivity contribution >= 4 is 30.1 Å². The van der Waals surface area contributed by atoms with Crippen LogP contribution in [0.15, 0.2) is 0 Å². The van der Waals surface area contributed by atoms with Crippen LogP contribution in [0.2, 0.25) is 0 Å². The van der Waals surface area contributed by atoms with Gasteiger partial charge in [0.15, 0.2) is 0 Å². The average Bonchev–Trinajstić information content (AvgIpc) is 2.92. The Morgan fingerprint density at radius 3 is 2.58 bits per heavy atom. The number of hydrogen-bond donors (Lipinski definition) is 2. The second-order valence-corrected chi connectivity index (χ2v) is 6.54. The van der Waals surface area contributed by atoms with Crippen molar-refractivity contribution in [2.75, 3.05) is 25.9 Å². The first-order valence-electron chi connectivity index (χ1n) is 7.18. The Labute approximate surface area is 128 Å². The number of nitrogens with one attached hydrogen (secondary N) is 2. The molecule has 2 N–H and O–H groups in total. The highest BCUT2D eigenvalue weighted by atomic mass is 35.5. The first-order valence-corrected chi connectivity index (χ1v) is 8.41. The molecule has 1 heterocycles. The van der Waals surface area contributed by atoms with Crippen molar-refractivity contribution in [1.29, 1.82) is 0 Å². The van der Waals surface area contributed by atoms with E-state index >= 15 is 0 Å². The summed E-state index contributed by atoms with van der Waals surface area (Å²) in [6.45, 7) is 7.43. The third kappa shape index (κ3) is 6.37. The van der Waals surface area contributed by atoms with Gasteiger partial charge in [-0.3, -0.25) is 4.79 Å². The van der Waals surface area contributed by atoms with Crippen LogP contribution in [0.1, 0.15) is 46.0 Å². The number of carbonyl (C=O) groups excluding carboxylic acids is 1. The fraction of sp³-hybridized carbons (Fsp3) is 0.929. The molecule has 1 fully saturated rings. The summed E-state index contributed by atoms with van der Waals surface area (Å²) >= 11 is 1.88. The van der Waals surface area contributed by atoms with Crippen LogP contribution in [-0.4, -0.2) is 36.5 Å². The van der Waals surface area contributed by atoms with Crippen LogP contribution in [-0.2, 0) is 4.79 Å². The zero-order valence-corrected chi connectivity index (χ0v) is 14.1. The maximum atomic E-state index is 11.9. The molecule has 1 unspecified atom stereocenters. The molecule has 0 radical (unpaired) electrons. The van der Waals surface area contributed by atoms with Gasteiger partial charge in [-0.1, -0.05) is 13.8 Å². The minimum atomic E-state index is 0. The van der Waals surface area contributed by atoms with Crippen molar-refractivity contribution in [2.24, 2.45) is 5.92 Å². The molecular weight excluding hydrogens is 280 g/mol. The van der Waals surface area contributed by atoms with E-state index in [0.29, 0.717) is 12.3 Å². The van der Waals surface area contributed by atoms with Crippen LogP contribution in [0.5, 0.6) is 0 Å². The standard InChI is InChI=1S/C14H28N2OS.ClH/c1-4-14(5-2,18-3)11-16-13(17)7-6-12-8-9-15-10-12;/h12,15H,4-11H2,1-3H3,(H,16,17);1H. The van der Waals surface area contributed by atoms with E-state index in [-0.39, 0.29) is 23.1 Å². The van der Waals surface area contributed by atoms with Crippen molar-refractivity contribution < 1.29 is 4.79 Å². The van der Waals surface area contributed by atoms with Crippen LogP contribution in [0.4, 0.5) is 0 Å². The Balaban J connectivity index is 0.00000324. The maximum Gasteiger partial charge on any atom is 0.220 e. The SMILES string of the molecule is CCC(CC)(CNC(=O)CCC1CCNC1)SC.Cl. The van der Waals surface area contributed by atoms with Crippen molar-refractivity contribution in [3.63, 3.8) is 0 Å². The highest BCUT2D eigenvalue weighted by Gasteiger charge is 2.25. The van der Waals surface area contributed by atoms with Crippen LogP contribution in [0, 0.1) is 5.92 Å². The largest absolute Gasteiger partial charge is 0.355 e. The van der Waals surface area contributed by atoms with E-state index in [1.807, 2.05) is 11.8 Å². The van der Waals surface area contributed by atoms with Gasteiger partial charge in [0.1, 0.15) is 0 Å². The van der Waals surface area contributed by atoms with Gasteiger partial charge in [-0.15, -0.1) is 12.4 Å². The minimum absolute atomic E-state index is 0. The third-order valence-electron chi connectivity index (χ3n) is 4.27. The van der Waals surface area contributed by atoms with Crippen LogP contribution >= 0.6 is 24.2 Å². The number of thioether (sulfide) groups is 1. The Bertz CT molecular complexity index is 246. The molecule has 0 saturated carbocycles. The van der Waals surface area contributed by atoms with E-state index in [1.54, 1.807) is 0 Å². The average molecular weight is 309 g/mol. The minimum Gasteiger partial charge on any atom is -0.355 e. The second kappa shape index (κ2) is 9.89. The molecule has 0 aromatic carbocycles. The van der Waals surface area contributed by atoms with E-state index in [0.717, 1.165) is 38.9 Å². The van der Waals surface area contributed by atoms with E-state index in [9.17, 15) is 4.79 Å². The van der Waals surface area contributed by atoms with Crippen molar-refractivity contribution in [2.45, 2.75) is 50.7 Å². The molecule has 1 saturated heterocycles. The summed E-state index contributed by atoms with van der Waals surface area (Å²) in [5, 5.41) is 6.46. The van der Waals surface area contributed by atoms with E-state index in [2.05, 4.69) is 30.7 Å². The molecule has 1 aliphatic heterocycles. The first kappa shape index (κ1) is 19.1. The molecule has 0 aromatic rings. The number of hydrogen-bond acceptors (Lipinski definition) is 3. The number of carbonyl (C=O) groups is 1. The van der Waals surface area contributed by atoms with Gasteiger partial charge in [0, 0.05) is 17.7 Å². The number of amides is 1. The molecule has 1 atom stereocenters. The molecule has 0 bridgehead atoms. The molecule has 1 aliphatic rings. The number of halogens is 1. The van der Waals surface area contributed by atoms with Gasteiger partial charge in [-0.05, 0) is 50.9 Å². The maximum absolute atomic E-state index is 11.9. The quantitative estimate of drug-likeness (QED) is 0.724. The lowest BCUT2D eigenvalue weighted by atomic mass is 10.0. The highest BCUT2D eigenvalue weighted by Crippen LogP contribution is 2.29. The summed E-state index contributed by atoms with van der Waals surface area (Å²) in [6.07, 6.45) is 7.30. The molecule has 1 rings (SSSR count). The molecule has 19 heavy (non-hydrogen) atoms. The summed E-state index contributed by atoms with van der Waals surface area (Å²) in [5.74, 6) is 0.931. The summed E-state index contributed by atoms with van der Waals surface area (Å²) < 4.78 is 0.227. The molecule has 0 aromatic heterocycles. The second-order valence-electron chi connectivity index (χ2n) is 5.27. The lowest BCUT2D eigenvalue weighted by molar-refractivity contribution is -0.121. The van der Waals surface area contributed by atoms with E-state index in [1.165, 1.54) is 6.42 Å². The molecule has 114 valence electrons. The van der Waals surface area contributed by atoms with Gasteiger partial charge < -0.3 is 10.6 Å². The fourth-order valence-electron chi connectivity index (χ4n) is 2.50. The van der Waals surface area contributed by atoms with Crippen molar-refractivity contribution in [3.05, 3.63) is 0 Å². The molecular formula is C14H29ClN2OS. The molecule has 0 spiro atoms. The Morgan fingerprint density at radius 2 is 2.11 bits per heavy atom. The van der Waals surface area contributed by atoms with E-state index < -0.39 is 0 Å². The van der Waals surface area contributed by atoms with Gasteiger partial charge >= 0.3 is 0 Å². The Kier molecular flexibility index (Phi) is 9.93. The van der Waals surface area contributed by atoms with Crippen LogP contribution in [0.25, 0.3) is 0 Å². The topological polar surface area (TPSA) is 41.1 Å². The zero-order valence-electron chi connectivity index (χ0n) is 12.5. The summed E-state index contributed by atoms with van der Waals surface area (Å²) in [6, 6.07) is 0. The Hall–Kier alpha value is 0.0700. The Morgan fingerprint density at radius 1 is 1.42 bits per heavy atom. The van der Waals surface area contributed by atoms with Crippen LogP contribution in [0.3, 0.4) is 0 Å². The van der Waals surface area contributed by atoms with Gasteiger partial charge in [0.25, 0.3) is 0 Å². The molecule has 5 heteroatoms. The normalized spacial score (nSPS) is 19.0. The predicted octanol–water partition coefficient (Wildman–Crippen LogP) is 2.84. The highest BCUT2D eigenvalue weighted by molar-refractivity contribution is 8.00. The predicted molar refractivity (Wildman–Crippen MR) is 87.3 cm³/mol. The van der Waals surface area contributed by atoms with Gasteiger partial charge in [0.2, 0.25) is 5.91 Å². The van der Waals surface area contributed by atoms with E-state index in [4.69, 9.17) is 0 Å². The van der Waals surface area contributed by atoms with Crippen LogP contribution < -0.4 is 10.6 Å². The number of rotatable bonds is 8. The molecule has 0 aliphatic carbocycles. The lowest BCUT2D eigenvalue weighted by Crippen LogP contribution is -2.39. The molecule has 1 amide bonds. The van der Waals surface area contributed by atoms with Gasteiger partial charge in [0.05, 0.1) is 0 Å². The summed E-state index contributed by atoms with van der Waals surface area (Å²) in [5.41, 5.74) is 0. The van der Waals surface area contributed by atoms with Crippen molar-refractivity contribution in [1.82, 2.24) is 10.6 Å². The fourth-order valence-corrected chi connectivity index (χ4v) is 3.30. The summed E-state index contributed by atoms with van der Waals surface area (Å²) in [7, 11) is 0. The monoisotopic (exact) mass is 308 g/mol. The van der Waals surface area contributed by atoms with Gasteiger partial charge in [-0.2, -0.15) is 11.8 Å². The smallest absolute Gasteiger partial charge is 0.220 e. The lowest BCUT2D eigenvalue weighted by Gasteiger charge is -2.29. The van der Waals surface area contributed by atoms with Crippen molar-refractivity contribution in [3.8, 4) is 0 Å².